The summed E-state index contributed by atoms with van der Waals surface area (Å²) in [6, 6.07) is 15.8. The van der Waals surface area contributed by atoms with E-state index in [2.05, 4.69) is 5.32 Å². The van der Waals surface area contributed by atoms with Crippen LogP contribution in [-0.2, 0) is 9.59 Å². The number of benzene rings is 2. The van der Waals surface area contributed by atoms with Gasteiger partial charge in [0.2, 0.25) is 5.91 Å². The molecule has 2 aromatic rings. The van der Waals surface area contributed by atoms with E-state index in [4.69, 9.17) is 9.47 Å². The molecule has 0 aliphatic rings. The predicted octanol–water partition coefficient (Wildman–Crippen LogP) is 2.87. The molecule has 0 aromatic heterocycles. The van der Waals surface area contributed by atoms with Gasteiger partial charge in [0.05, 0.1) is 19.6 Å². The van der Waals surface area contributed by atoms with E-state index < -0.39 is 12.0 Å². The van der Waals surface area contributed by atoms with Gasteiger partial charge in [0, 0.05) is 6.92 Å². The number of esters is 1. The zero-order valence-corrected chi connectivity index (χ0v) is 13.1. The van der Waals surface area contributed by atoms with Gasteiger partial charge in [0.1, 0.15) is 0 Å². The van der Waals surface area contributed by atoms with E-state index in [0.717, 1.165) is 5.56 Å². The normalized spacial score (nSPS) is 11.4. The minimum absolute atomic E-state index is 0.0294. The third-order valence-electron chi connectivity index (χ3n) is 3.24. The van der Waals surface area contributed by atoms with Crippen molar-refractivity contribution in [2.75, 3.05) is 7.11 Å². The van der Waals surface area contributed by atoms with Gasteiger partial charge in [0.25, 0.3) is 0 Å². The maximum atomic E-state index is 12.2. The first kappa shape index (κ1) is 16.5. The van der Waals surface area contributed by atoms with Crippen LogP contribution in [0.25, 0.3) is 0 Å². The van der Waals surface area contributed by atoms with E-state index in [1.807, 2.05) is 30.3 Å². The molecule has 5 heteroatoms. The van der Waals surface area contributed by atoms with Crippen molar-refractivity contribution in [1.82, 2.24) is 5.32 Å². The van der Waals surface area contributed by atoms with Crippen LogP contribution in [0.5, 0.6) is 11.5 Å². The standard InChI is InChI=1S/C18H19NO4/c1-13(20)19-15(14-8-4-3-5-9-14)12-18(21)23-17-11-7-6-10-16(17)22-2/h3-11,15H,12H2,1-2H3,(H,19,20)/t15-/m1/s1. The van der Waals surface area contributed by atoms with Gasteiger partial charge in [0.15, 0.2) is 11.5 Å². The second kappa shape index (κ2) is 7.98. The highest BCUT2D eigenvalue weighted by molar-refractivity contribution is 5.77. The lowest BCUT2D eigenvalue weighted by Gasteiger charge is -2.18. The number of para-hydroxylation sites is 2. The first-order chi connectivity index (χ1) is 11.1. The lowest BCUT2D eigenvalue weighted by Crippen LogP contribution is -2.29. The third-order valence-corrected chi connectivity index (χ3v) is 3.24. The van der Waals surface area contributed by atoms with Crippen LogP contribution in [0.2, 0.25) is 0 Å². The van der Waals surface area contributed by atoms with Crippen LogP contribution in [-0.4, -0.2) is 19.0 Å². The van der Waals surface area contributed by atoms with Crippen LogP contribution in [0.1, 0.15) is 24.9 Å². The number of hydrogen-bond donors (Lipinski definition) is 1. The number of carbonyl (C=O) groups is 2. The lowest BCUT2D eigenvalue weighted by molar-refractivity contribution is -0.135. The average Bonchev–Trinajstić information content (AvgIpc) is 2.55. The summed E-state index contributed by atoms with van der Waals surface area (Å²) in [5, 5.41) is 2.77. The minimum Gasteiger partial charge on any atom is -0.493 e. The average molecular weight is 313 g/mol. The smallest absolute Gasteiger partial charge is 0.313 e. The van der Waals surface area contributed by atoms with Crippen molar-refractivity contribution in [2.45, 2.75) is 19.4 Å². The van der Waals surface area contributed by atoms with Gasteiger partial charge in [-0.3, -0.25) is 9.59 Å². The number of rotatable bonds is 6. The van der Waals surface area contributed by atoms with E-state index in [9.17, 15) is 9.59 Å². The summed E-state index contributed by atoms with van der Waals surface area (Å²) < 4.78 is 10.5. The van der Waals surface area contributed by atoms with Crippen LogP contribution >= 0.6 is 0 Å². The Bertz CT molecular complexity index is 670. The molecular weight excluding hydrogens is 294 g/mol. The summed E-state index contributed by atoms with van der Waals surface area (Å²) in [6.45, 7) is 1.42. The first-order valence-electron chi connectivity index (χ1n) is 7.26. The van der Waals surface area contributed by atoms with E-state index in [1.54, 1.807) is 24.3 Å². The number of hydrogen-bond acceptors (Lipinski definition) is 4. The van der Waals surface area contributed by atoms with Crippen molar-refractivity contribution >= 4 is 11.9 Å². The molecule has 0 radical (unpaired) electrons. The molecule has 0 saturated heterocycles. The van der Waals surface area contributed by atoms with Gasteiger partial charge < -0.3 is 14.8 Å². The molecule has 0 heterocycles. The van der Waals surface area contributed by atoms with E-state index >= 15 is 0 Å². The molecule has 2 aromatic carbocycles. The van der Waals surface area contributed by atoms with Gasteiger partial charge in [-0.15, -0.1) is 0 Å². The van der Waals surface area contributed by atoms with E-state index in [-0.39, 0.29) is 12.3 Å². The summed E-state index contributed by atoms with van der Waals surface area (Å²) in [5.41, 5.74) is 0.847. The van der Waals surface area contributed by atoms with Crippen LogP contribution in [0.4, 0.5) is 0 Å². The van der Waals surface area contributed by atoms with E-state index in [1.165, 1.54) is 14.0 Å². The zero-order valence-electron chi connectivity index (χ0n) is 13.1. The number of carbonyl (C=O) groups excluding carboxylic acids is 2. The fourth-order valence-electron chi connectivity index (χ4n) is 2.22. The molecule has 5 nitrogen and oxygen atoms in total. The maximum Gasteiger partial charge on any atom is 0.313 e. The van der Waals surface area contributed by atoms with Gasteiger partial charge in [-0.05, 0) is 17.7 Å². The summed E-state index contributed by atoms with van der Waals surface area (Å²) in [5.74, 6) is 0.187. The van der Waals surface area contributed by atoms with Crippen LogP contribution < -0.4 is 14.8 Å². The monoisotopic (exact) mass is 313 g/mol. The number of methoxy groups -OCH3 is 1. The molecule has 120 valence electrons. The van der Waals surface area contributed by atoms with Crippen LogP contribution in [0.15, 0.2) is 54.6 Å². The Kier molecular flexibility index (Phi) is 5.74. The summed E-state index contributed by atoms with van der Waals surface area (Å²) in [6.07, 6.45) is 0.0294. The number of ether oxygens (including phenoxy) is 2. The summed E-state index contributed by atoms with van der Waals surface area (Å²) in [7, 11) is 1.51. The highest BCUT2D eigenvalue weighted by atomic mass is 16.6. The van der Waals surface area contributed by atoms with Gasteiger partial charge >= 0.3 is 5.97 Å². The highest BCUT2D eigenvalue weighted by Crippen LogP contribution is 2.27. The topological polar surface area (TPSA) is 64.6 Å². The molecule has 0 fully saturated rings. The Labute approximate surface area is 135 Å². The SMILES string of the molecule is COc1ccccc1OC(=O)C[C@@H](NC(C)=O)c1ccccc1. The Morgan fingerprint density at radius 3 is 2.22 bits per heavy atom. The molecular formula is C18H19NO4. The molecule has 1 N–H and O–H groups in total. The molecule has 1 atom stereocenters. The molecule has 0 aliphatic carbocycles. The van der Waals surface area contributed by atoms with Crippen LogP contribution in [0.3, 0.4) is 0 Å². The Morgan fingerprint density at radius 2 is 1.61 bits per heavy atom. The van der Waals surface area contributed by atoms with Crippen molar-refractivity contribution < 1.29 is 19.1 Å². The molecule has 0 aliphatic heterocycles. The molecule has 0 unspecified atom stereocenters. The van der Waals surface area contributed by atoms with Crippen molar-refractivity contribution in [3.63, 3.8) is 0 Å². The minimum atomic E-state index is -0.447. The first-order valence-corrected chi connectivity index (χ1v) is 7.26. The van der Waals surface area contributed by atoms with Crippen LogP contribution in [0, 0.1) is 0 Å². The molecule has 1 amide bonds. The predicted molar refractivity (Wildman–Crippen MR) is 86.2 cm³/mol. The quantitative estimate of drug-likeness (QED) is 0.658. The Hall–Kier alpha value is -2.82. The summed E-state index contributed by atoms with van der Waals surface area (Å²) >= 11 is 0. The molecule has 0 saturated carbocycles. The largest absolute Gasteiger partial charge is 0.493 e. The lowest BCUT2D eigenvalue weighted by atomic mass is 10.0. The van der Waals surface area contributed by atoms with Crippen molar-refractivity contribution in [3.05, 3.63) is 60.2 Å². The highest BCUT2D eigenvalue weighted by Gasteiger charge is 2.19. The van der Waals surface area contributed by atoms with Gasteiger partial charge in [-0.25, -0.2) is 0 Å². The number of amides is 1. The second-order valence-corrected chi connectivity index (χ2v) is 4.99. The molecule has 23 heavy (non-hydrogen) atoms. The summed E-state index contributed by atoms with van der Waals surface area (Å²) in [4.78, 5) is 23.6. The van der Waals surface area contributed by atoms with Crippen molar-refractivity contribution in [2.24, 2.45) is 0 Å². The van der Waals surface area contributed by atoms with Gasteiger partial charge in [-0.2, -0.15) is 0 Å². The zero-order chi connectivity index (χ0) is 16.7. The third kappa shape index (κ3) is 4.85. The molecule has 0 spiro atoms. The molecule has 0 bridgehead atoms. The van der Waals surface area contributed by atoms with Crippen molar-refractivity contribution in [1.29, 1.82) is 0 Å². The number of nitrogens with one attached hydrogen (secondary N) is 1. The molecule has 2 rings (SSSR count). The Morgan fingerprint density at radius 1 is 1.00 bits per heavy atom. The maximum absolute atomic E-state index is 12.2. The van der Waals surface area contributed by atoms with Crippen molar-refractivity contribution in [3.8, 4) is 11.5 Å². The van der Waals surface area contributed by atoms with E-state index in [0.29, 0.717) is 11.5 Å². The fourth-order valence-corrected chi connectivity index (χ4v) is 2.22. The second-order valence-electron chi connectivity index (χ2n) is 4.99. The Balaban J connectivity index is 2.10. The fraction of sp³-hybridized carbons (Fsp3) is 0.222. The van der Waals surface area contributed by atoms with Gasteiger partial charge in [-0.1, -0.05) is 42.5 Å².